The van der Waals surface area contributed by atoms with Gasteiger partial charge in [-0.05, 0) is 50.3 Å². The van der Waals surface area contributed by atoms with E-state index in [0.717, 1.165) is 5.56 Å². The number of piperidine rings is 1. The monoisotopic (exact) mass is 413 g/mol. The first kappa shape index (κ1) is 21.7. The van der Waals surface area contributed by atoms with E-state index in [9.17, 15) is 18.0 Å². The smallest absolute Gasteiger partial charge is 0.241 e. The molecule has 1 heterocycles. The van der Waals surface area contributed by atoms with Crippen LogP contribution in [-0.2, 0) is 19.6 Å². The first-order valence-corrected chi connectivity index (χ1v) is 11.8. The predicted octanol–water partition coefficient (Wildman–Crippen LogP) is 1.12. The Kier molecular flexibility index (Phi) is 7.69. The van der Waals surface area contributed by atoms with Crippen LogP contribution in [0.3, 0.4) is 0 Å². The fraction of sp³-hybridized carbons (Fsp3) is 0.556. The Morgan fingerprint density at radius 3 is 2.37 bits per heavy atom. The number of carbonyl (C=O) groups is 2. The van der Waals surface area contributed by atoms with Crippen molar-refractivity contribution in [1.29, 1.82) is 0 Å². The van der Waals surface area contributed by atoms with E-state index in [-0.39, 0.29) is 22.6 Å². The number of nitrogens with zero attached hydrogens (tertiary/aromatic N) is 1. The number of nitrogens with one attached hydrogen (secondary N) is 1. The molecule has 9 heteroatoms. The van der Waals surface area contributed by atoms with Crippen LogP contribution in [0, 0.1) is 12.8 Å². The molecule has 0 saturated carbocycles. The number of carbonyl (C=O) groups excluding carboxylic acids is 2. The van der Waals surface area contributed by atoms with Gasteiger partial charge in [-0.1, -0.05) is 17.7 Å². The molecule has 150 valence electrons. The van der Waals surface area contributed by atoms with Crippen molar-refractivity contribution in [2.45, 2.75) is 37.1 Å². The van der Waals surface area contributed by atoms with Crippen LogP contribution in [0.15, 0.2) is 29.2 Å². The Labute approximate surface area is 165 Å². The van der Waals surface area contributed by atoms with Crippen LogP contribution in [0.25, 0.3) is 0 Å². The zero-order valence-corrected chi connectivity index (χ0v) is 17.3. The highest BCUT2D eigenvalue weighted by molar-refractivity contribution is 7.98. The molecule has 0 bridgehead atoms. The summed E-state index contributed by atoms with van der Waals surface area (Å²) in [5.74, 6) is -0.156. The number of likely N-dealkylation sites (tertiary alicyclic amines) is 1. The van der Waals surface area contributed by atoms with Crippen LogP contribution in [-0.4, -0.2) is 56.3 Å². The summed E-state index contributed by atoms with van der Waals surface area (Å²) in [7, 11) is -3.80. The number of thioether (sulfide) groups is 1. The summed E-state index contributed by atoms with van der Waals surface area (Å²) in [6.07, 6.45) is 3.34. The Balaban J connectivity index is 2.11. The third-order valence-corrected chi connectivity index (χ3v) is 6.88. The van der Waals surface area contributed by atoms with Crippen molar-refractivity contribution < 1.29 is 18.0 Å². The molecule has 7 nitrogen and oxygen atoms in total. The number of benzene rings is 1. The third-order valence-electron chi connectivity index (χ3n) is 4.75. The number of aryl methyl sites for hydroxylation is 1. The molecule has 0 aromatic heterocycles. The van der Waals surface area contributed by atoms with Crippen molar-refractivity contribution in [2.24, 2.45) is 11.7 Å². The van der Waals surface area contributed by atoms with Crippen molar-refractivity contribution in [2.75, 3.05) is 25.1 Å². The lowest BCUT2D eigenvalue weighted by Gasteiger charge is -2.33. The molecule has 0 aliphatic carbocycles. The molecular weight excluding hydrogens is 386 g/mol. The number of hydrogen-bond acceptors (Lipinski definition) is 5. The number of primary amides is 1. The molecule has 1 fully saturated rings. The van der Waals surface area contributed by atoms with Gasteiger partial charge in [0.1, 0.15) is 6.04 Å². The Bertz CT molecular complexity index is 757. The minimum atomic E-state index is -3.80. The van der Waals surface area contributed by atoms with E-state index in [1.165, 1.54) is 12.1 Å². The van der Waals surface area contributed by atoms with E-state index >= 15 is 0 Å². The number of sulfonamides is 1. The molecule has 2 rings (SSSR count). The molecule has 0 spiro atoms. The van der Waals surface area contributed by atoms with Gasteiger partial charge in [0.05, 0.1) is 4.90 Å². The molecule has 0 radical (unpaired) electrons. The Morgan fingerprint density at radius 1 is 1.26 bits per heavy atom. The maximum Gasteiger partial charge on any atom is 0.241 e. The second-order valence-corrected chi connectivity index (χ2v) is 9.47. The van der Waals surface area contributed by atoms with Gasteiger partial charge >= 0.3 is 0 Å². The van der Waals surface area contributed by atoms with Crippen LogP contribution < -0.4 is 10.5 Å². The summed E-state index contributed by atoms with van der Waals surface area (Å²) in [6.45, 7) is 2.70. The van der Waals surface area contributed by atoms with E-state index in [0.29, 0.717) is 38.1 Å². The normalized spacial score (nSPS) is 16.9. The maximum absolute atomic E-state index is 12.9. The quantitative estimate of drug-likeness (QED) is 0.664. The molecule has 1 saturated heterocycles. The minimum absolute atomic E-state index is 0.141. The number of rotatable bonds is 8. The van der Waals surface area contributed by atoms with Gasteiger partial charge in [-0.3, -0.25) is 9.59 Å². The van der Waals surface area contributed by atoms with E-state index < -0.39 is 16.1 Å². The largest absolute Gasteiger partial charge is 0.369 e. The summed E-state index contributed by atoms with van der Waals surface area (Å²) >= 11 is 1.56. The lowest BCUT2D eigenvalue weighted by atomic mass is 9.96. The summed E-state index contributed by atoms with van der Waals surface area (Å²) < 4.78 is 28.0. The van der Waals surface area contributed by atoms with Crippen LogP contribution in [0.1, 0.15) is 24.8 Å². The van der Waals surface area contributed by atoms with Crippen molar-refractivity contribution in [1.82, 2.24) is 9.62 Å². The Morgan fingerprint density at radius 2 is 1.85 bits per heavy atom. The van der Waals surface area contributed by atoms with Gasteiger partial charge in [-0.2, -0.15) is 16.5 Å². The molecule has 1 unspecified atom stereocenters. The summed E-state index contributed by atoms with van der Waals surface area (Å²) in [6, 6.07) is 5.69. The van der Waals surface area contributed by atoms with Gasteiger partial charge < -0.3 is 10.6 Å². The van der Waals surface area contributed by atoms with Crippen molar-refractivity contribution in [3.8, 4) is 0 Å². The molecule has 1 aromatic carbocycles. The molecule has 2 amide bonds. The average molecular weight is 414 g/mol. The highest BCUT2D eigenvalue weighted by Crippen LogP contribution is 2.19. The van der Waals surface area contributed by atoms with E-state index in [1.807, 2.05) is 13.2 Å². The molecule has 3 N–H and O–H groups in total. The first-order chi connectivity index (χ1) is 12.7. The lowest BCUT2D eigenvalue weighted by molar-refractivity contribution is -0.136. The third kappa shape index (κ3) is 5.95. The number of nitrogens with two attached hydrogens (primary N) is 1. The Hall–Kier alpha value is -1.58. The highest BCUT2D eigenvalue weighted by Gasteiger charge is 2.32. The average Bonchev–Trinajstić information content (AvgIpc) is 2.65. The van der Waals surface area contributed by atoms with E-state index in [4.69, 9.17) is 5.73 Å². The fourth-order valence-electron chi connectivity index (χ4n) is 3.05. The van der Waals surface area contributed by atoms with Gasteiger partial charge in [0, 0.05) is 19.0 Å². The fourth-order valence-corrected chi connectivity index (χ4v) is 4.74. The highest BCUT2D eigenvalue weighted by atomic mass is 32.2. The van der Waals surface area contributed by atoms with Gasteiger partial charge in [-0.15, -0.1) is 0 Å². The topological polar surface area (TPSA) is 110 Å². The molecule has 1 aliphatic rings. The maximum atomic E-state index is 12.9. The minimum Gasteiger partial charge on any atom is -0.369 e. The van der Waals surface area contributed by atoms with Crippen LogP contribution in [0.2, 0.25) is 0 Å². The van der Waals surface area contributed by atoms with Gasteiger partial charge in [0.15, 0.2) is 0 Å². The van der Waals surface area contributed by atoms with Crippen LogP contribution in [0.4, 0.5) is 0 Å². The molecule has 1 aromatic rings. The zero-order chi connectivity index (χ0) is 20.0. The van der Waals surface area contributed by atoms with Gasteiger partial charge in [0.2, 0.25) is 21.8 Å². The van der Waals surface area contributed by atoms with E-state index in [2.05, 4.69) is 4.72 Å². The zero-order valence-electron chi connectivity index (χ0n) is 15.7. The van der Waals surface area contributed by atoms with Gasteiger partial charge in [-0.25, -0.2) is 8.42 Å². The summed E-state index contributed by atoms with van der Waals surface area (Å²) in [4.78, 5) is 26.0. The summed E-state index contributed by atoms with van der Waals surface area (Å²) in [5.41, 5.74) is 6.30. The lowest BCUT2D eigenvalue weighted by Crippen LogP contribution is -2.51. The predicted molar refractivity (Wildman–Crippen MR) is 107 cm³/mol. The van der Waals surface area contributed by atoms with Crippen LogP contribution in [0.5, 0.6) is 0 Å². The molecule has 27 heavy (non-hydrogen) atoms. The first-order valence-electron chi connectivity index (χ1n) is 8.90. The second-order valence-electron chi connectivity index (χ2n) is 6.77. The number of hydrogen-bond donors (Lipinski definition) is 2. The summed E-state index contributed by atoms with van der Waals surface area (Å²) in [5, 5.41) is 0. The molecular formula is C18H27N3O4S2. The van der Waals surface area contributed by atoms with Crippen LogP contribution >= 0.6 is 11.8 Å². The second kappa shape index (κ2) is 9.57. The molecule has 1 atom stereocenters. The van der Waals surface area contributed by atoms with Crippen molar-refractivity contribution >= 4 is 33.6 Å². The van der Waals surface area contributed by atoms with Crippen molar-refractivity contribution in [3.05, 3.63) is 29.8 Å². The van der Waals surface area contributed by atoms with E-state index in [1.54, 1.807) is 28.8 Å². The van der Waals surface area contributed by atoms with Crippen molar-refractivity contribution in [3.63, 3.8) is 0 Å². The van der Waals surface area contributed by atoms with Gasteiger partial charge in [0.25, 0.3) is 0 Å². The molecule has 1 aliphatic heterocycles. The standard InChI is InChI=1S/C18H27N3O4S2/c1-13-3-5-15(6-4-13)27(24,25)20-16(9-12-26-2)18(23)21-10-7-14(8-11-21)17(19)22/h3-6,14,16,20H,7-12H2,1-2H3,(H2,19,22). The SMILES string of the molecule is CSCCC(NS(=O)(=O)c1ccc(C)cc1)C(=O)N1CCC(C(N)=O)CC1. The number of amides is 2.